The molecule has 0 aromatic heterocycles. The Balaban J connectivity index is 6.65. The quantitative estimate of drug-likeness (QED) is 0.0306. The van der Waals surface area contributed by atoms with E-state index >= 15 is 0 Å². The second-order valence-electron chi connectivity index (χ2n) is 6.63. The third kappa shape index (κ3) is 18.6. The molecule has 11 N–H and O–H groups in total. The minimum Gasteiger partial charge on any atom is -0.415 e. The molecule has 0 amide bonds. The lowest BCUT2D eigenvalue weighted by Gasteiger charge is -2.38. The Bertz CT molecular complexity index is 870. The van der Waals surface area contributed by atoms with Crippen LogP contribution in [0.15, 0.2) is 0 Å². The van der Waals surface area contributed by atoms with Crippen molar-refractivity contribution in [2.45, 2.75) is 37.4 Å². The van der Waals surface area contributed by atoms with Crippen LogP contribution in [0.1, 0.15) is 19.3 Å². The first-order valence-electron chi connectivity index (χ1n) is 9.41. The van der Waals surface area contributed by atoms with E-state index in [4.69, 9.17) is 28.5 Å². The molecule has 0 aromatic rings. The monoisotopic (exact) mass is 646 g/mol. The number of nitrogens with two attached hydrogens (primary N) is 2. The molecule has 0 aliphatic heterocycles. The van der Waals surface area contributed by atoms with Crippen molar-refractivity contribution in [1.29, 1.82) is 0 Å². The lowest BCUT2D eigenvalue weighted by Crippen LogP contribution is -2.58. The summed E-state index contributed by atoms with van der Waals surface area (Å²) in [5.74, 6) is -1.09. The largest absolute Gasteiger partial charge is 0.510 e. The van der Waals surface area contributed by atoms with Gasteiger partial charge in [0.15, 0.2) is 0 Å². The Morgan fingerprint density at radius 1 is 0.743 bits per heavy atom. The summed E-state index contributed by atoms with van der Waals surface area (Å²) in [6.07, 6.45) is -0.530. The molecular formula is C9H29N2O17P3SSi3. The molecule has 0 heterocycles. The van der Waals surface area contributed by atoms with Crippen molar-refractivity contribution in [3.8, 4) is 0 Å². The maximum absolute atomic E-state index is 11.7. The summed E-state index contributed by atoms with van der Waals surface area (Å²) < 4.78 is 90.6. The molecule has 0 bridgehead atoms. The molecule has 0 aliphatic carbocycles. The van der Waals surface area contributed by atoms with Gasteiger partial charge in [-0.15, -0.1) is 0 Å². The fourth-order valence-corrected chi connectivity index (χ4v) is 17.4. The van der Waals surface area contributed by atoms with Crippen LogP contribution in [0, 0.1) is 0 Å². The van der Waals surface area contributed by atoms with Crippen LogP contribution in [0.3, 0.4) is 0 Å². The Labute approximate surface area is 205 Å². The van der Waals surface area contributed by atoms with E-state index in [1.54, 1.807) is 0 Å². The summed E-state index contributed by atoms with van der Waals surface area (Å²) in [7, 11) is -32.6. The van der Waals surface area contributed by atoms with Crippen LogP contribution in [0.2, 0.25) is 18.1 Å². The maximum Gasteiger partial charge on any atom is 0.510 e. The van der Waals surface area contributed by atoms with Crippen LogP contribution < -0.4 is 11.5 Å². The highest BCUT2D eigenvalue weighted by Gasteiger charge is 2.60. The molecule has 0 saturated heterocycles. The van der Waals surface area contributed by atoms with Gasteiger partial charge >= 0.3 is 41.1 Å². The van der Waals surface area contributed by atoms with E-state index in [9.17, 15) is 51.5 Å². The predicted molar refractivity (Wildman–Crippen MR) is 122 cm³/mol. The van der Waals surface area contributed by atoms with Crippen molar-refractivity contribution < 1.29 is 76.9 Å². The predicted octanol–water partition coefficient (Wildman–Crippen LogP) is -1.76. The van der Waals surface area contributed by atoms with Gasteiger partial charge in [-0.2, -0.15) is 8.42 Å². The van der Waals surface area contributed by atoms with Gasteiger partial charge in [0.1, 0.15) is 0 Å². The third-order valence-electron chi connectivity index (χ3n) is 3.37. The van der Waals surface area contributed by atoms with Gasteiger partial charge in [-0.05, 0) is 38.4 Å². The number of phosphoric acid groups is 3. The fraction of sp³-hybridized carbons (Fsp3) is 1.00. The zero-order valence-corrected chi connectivity index (χ0v) is 24.5. The highest BCUT2D eigenvalue weighted by atomic mass is 32.2. The summed E-state index contributed by atoms with van der Waals surface area (Å²) in [5.41, 5.74) is 10.8. The van der Waals surface area contributed by atoms with Gasteiger partial charge in [0.2, 0.25) is 9.76 Å². The van der Waals surface area contributed by atoms with E-state index in [2.05, 4.69) is 8.43 Å². The normalized spacial score (nSPS) is 15.8. The molecule has 26 heteroatoms. The second kappa shape index (κ2) is 14.8. The summed E-state index contributed by atoms with van der Waals surface area (Å²) in [6, 6.07) is -1.40. The fourth-order valence-electron chi connectivity index (χ4n) is 2.31. The van der Waals surface area contributed by atoms with Gasteiger partial charge in [0.25, 0.3) is 10.1 Å². The van der Waals surface area contributed by atoms with E-state index in [1.165, 1.54) is 0 Å². The zero-order valence-electron chi connectivity index (χ0n) is 18.0. The summed E-state index contributed by atoms with van der Waals surface area (Å²) >= 11 is 0. The molecule has 0 aliphatic rings. The van der Waals surface area contributed by atoms with E-state index < -0.39 is 85.2 Å². The Morgan fingerprint density at radius 2 is 1.17 bits per heavy atom. The van der Waals surface area contributed by atoms with Crippen molar-refractivity contribution in [1.82, 2.24) is 0 Å². The minimum absolute atomic E-state index is 0.116. The van der Waals surface area contributed by atoms with E-state index in [1.807, 2.05) is 0 Å². The van der Waals surface area contributed by atoms with Crippen LogP contribution in [-0.2, 0) is 44.7 Å². The van der Waals surface area contributed by atoms with Crippen molar-refractivity contribution in [3.63, 3.8) is 0 Å². The average Bonchev–Trinajstić information content (AvgIpc) is 2.58. The summed E-state index contributed by atoms with van der Waals surface area (Å²) in [4.78, 5) is 56.3. The highest BCUT2D eigenvalue weighted by Crippen LogP contribution is 2.52. The number of rotatable bonds is 20. The van der Waals surface area contributed by atoms with Gasteiger partial charge < -0.3 is 49.1 Å². The molecule has 0 saturated carbocycles. The molecule has 1 atom stereocenters. The highest BCUT2D eigenvalue weighted by molar-refractivity contribution is 7.85. The molecule has 0 fully saturated rings. The smallest absolute Gasteiger partial charge is 0.415 e. The molecule has 0 spiro atoms. The Hall–Kier alpha value is 0.731. The summed E-state index contributed by atoms with van der Waals surface area (Å²) in [6.45, 7) is 0.0682. The minimum atomic E-state index is -5.72. The van der Waals surface area contributed by atoms with E-state index in [0.29, 0.717) is 6.42 Å². The molecule has 35 heavy (non-hydrogen) atoms. The lowest BCUT2D eigenvalue weighted by molar-refractivity contribution is 0.134. The first kappa shape index (κ1) is 35.7. The second-order valence-corrected chi connectivity index (χ2v) is 19.5. The SMILES string of the molecule is NCCC[Si]O[Si](CCCN)(O[Si](CCCS(=O)(=O)O)(OP(=O)(O)O)OP(=O)(O)O)OP(=O)(O)O. The summed E-state index contributed by atoms with van der Waals surface area (Å²) in [5, 5.41) is 0. The molecule has 210 valence electrons. The van der Waals surface area contributed by atoms with Gasteiger partial charge in [-0.3, -0.25) is 17.2 Å². The van der Waals surface area contributed by atoms with E-state index in [-0.39, 0.29) is 25.6 Å². The molecule has 0 aromatic carbocycles. The molecule has 19 nitrogen and oxygen atoms in total. The van der Waals surface area contributed by atoms with Crippen LogP contribution in [0.4, 0.5) is 0 Å². The van der Waals surface area contributed by atoms with Crippen LogP contribution >= 0.6 is 23.5 Å². The molecule has 1 unspecified atom stereocenters. The third-order valence-corrected chi connectivity index (χ3v) is 17.2. The standard InChI is InChI=1S/C9H29N2O17P3SSi3/c10-4-1-7-33-27-35(8-2-5-11,26-31(18,19)20)28-34(24-29(12,13)14,25-30(15,16)17)9-3-6-32(21,22)23/h1-11H2,(H2,12,13,14)(H2,15,16,17)(H2,18,19,20)(H,21,22,23). The molecular weight excluding hydrogens is 617 g/mol. The van der Waals surface area contributed by atoms with Gasteiger partial charge in [0.05, 0.1) is 5.75 Å². The van der Waals surface area contributed by atoms with Crippen LogP contribution in [-0.4, -0.2) is 88.5 Å². The van der Waals surface area contributed by atoms with Gasteiger partial charge in [-0.1, -0.05) is 0 Å². The molecule has 2 radical (unpaired) electrons. The zero-order chi connectivity index (χ0) is 27.6. The average molecular weight is 647 g/mol. The van der Waals surface area contributed by atoms with Crippen LogP contribution in [0.25, 0.3) is 0 Å². The first-order chi connectivity index (χ1) is 15.7. The lowest BCUT2D eigenvalue weighted by atomic mass is 10.5. The Morgan fingerprint density at radius 3 is 1.57 bits per heavy atom. The van der Waals surface area contributed by atoms with Crippen molar-refractivity contribution in [3.05, 3.63) is 0 Å². The maximum atomic E-state index is 11.7. The first-order valence-corrected chi connectivity index (χ1v) is 20.6. The number of hydrogen-bond donors (Lipinski definition) is 9. The molecule has 0 rings (SSSR count). The number of hydrogen-bond acceptors (Lipinski definition) is 12. The van der Waals surface area contributed by atoms with Gasteiger partial charge in [0, 0.05) is 12.1 Å². The van der Waals surface area contributed by atoms with Gasteiger partial charge in [-0.25, -0.2) is 13.7 Å². The topological polar surface area (TPSA) is 325 Å². The van der Waals surface area contributed by atoms with Crippen molar-refractivity contribution in [2.24, 2.45) is 11.5 Å². The van der Waals surface area contributed by atoms with Crippen molar-refractivity contribution in [2.75, 3.05) is 18.8 Å². The van der Waals surface area contributed by atoms with Crippen LogP contribution in [0.5, 0.6) is 0 Å². The van der Waals surface area contributed by atoms with Crippen molar-refractivity contribution >= 4 is 61.0 Å². The Kier molecular flexibility index (Phi) is 15.1. The van der Waals surface area contributed by atoms with E-state index in [0.717, 1.165) is 0 Å².